The van der Waals surface area contributed by atoms with Gasteiger partial charge in [0.05, 0.1) is 5.56 Å². The first-order chi connectivity index (χ1) is 16.8. The first kappa shape index (κ1) is 25.2. The molecule has 1 fully saturated rings. The van der Waals surface area contributed by atoms with Gasteiger partial charge >= 0.3 is 6.18 Å². The lowest BCUT2D eigenvalue weighted by molar-refractivity contribution is -0.139. The lowest BCUT2D eigenvalue weighted by atomic mass is 9.80. The summed E-state index contributed by atoms with van der Waals surface area (Å²) >= 11 is 0. The van der Waals surface area contributed by atoms with E-state index in [1.54, 1.807) is 12.1 Å². The Morgan fingerprint density at radius 1 is 0.886 bits per heavy atom. The number of hydrogen-bond acceptors (Lipinski definition) is 0. The van der Waals surface area contributed by atoms with Crippen molar-refractivity contribution in [3.8, 4) is 23.0 Å². The molecule has 0 bridgehead atoms. The Morgan fingerprint density at radius 2 is 1.66 bits per heavy atom. The van der Waals surface area contributed by atoms with Crippen molar-refractivity contribution in [2.75, 3.05) is 0 Å². The Hall–Kier alpha value is -2.87. The van der Waals surface area contributed by atoms with Crippen molar-refractivity contribution in [3.05, 3.63) is 71.3 Å². The molecule has 0 spiro atoms. The molecule has 0 atom stereocenters. The Morgan fingerprint density at radius 3 is 2.34 bits per heavy atom. The molecule has 0 nitrogen and oxygen atoms in total. The van der Waals surface area contributed by atoms with Crippen LogP contribution in [0.3, 0.4) is 0 Å². The first-order valence-electron chi connectivity index (χ1n) is 12.4. The van der Waals surface area contributed by atoms with Crippen LogP contribution >= 0.6 is 0 Å². The smallest absolute Gasteiger partial charge is 0.206 e. The van der Waals surface area contributed by atoms with E-state index in [1.807, 2.05) is 0 Å². The van der Waals surface area contributed by atoms with E-state index in [9.17, 15) is 22.0 Å². The molecular weight excluding hydrogens is 455 g/mol. The maximum Gasteiger partial charge on any atom is 0.419 e. The van der Waals surface area contributed by atoms with Crippen LogP contribution in [0, 0.1) is 35.3 Å². The largest absolute Gasteiger partial charge is 0.419 e. The fraction of sp³-hybridized carbons (Fsp3) is 0.400. The van der Waals surface area contributed by atoms with Gasteiger partial charge in [-0.2, -0.15) is 13.2 Å². The summed E-state index contributed by atoms with van der Waals surface area (Å²) in [4.78, 5) is 0. The molecular formula is C30H29F5. The van der Waals surface area contributed by atoms with Crippen LogP contribution < -0.4 is 0 Å². The molecule has 0 aliphatic heterocycles. The zero-order valence-corrected chi connectivity index (χ0v) is 19.8. The number of halogens is 5. The molecule has 0 amide bonds. The van der Waals surface area contributed by atoms with Gasteiger partial charge in [0.1, 0.15) is 11.6 Å². The van der Waals surface area contributed by atoms with Crippen LogP contribution in [0.2, 0.25) is 0 Å². The normalized spacial score (nSPS) is 18.3. The van der Waals surface area contributed by atoms with E-state index in [1.165, 1.54) is 68.9 Å². The van der Waals surface area contributed by atoms with Gasteiger partial charge in [-0.3, -0.25) is 0 Å². The molecule has 35 heavy (non-hydrogen) atoms. The molecule has 3 aromatic rings. The van der Waals surface area contributed by atoms with Crippen molar-refractivity contribution in [2.45, 2.75) is 64.5 Å². The SMILES string of the molecule is CCCCCC1CCC(C#Cc2ccc(-c3ccc4c(F)c(C(F)(F)F)ccc4c3)c(F)c2)CC1. The highest BCUT2D eigenvalue weighted by atomic mass is 19.4. The Kier molecular flexibility index (Phi) is 7.79. The number of rotatable bonds is 5. The van der Waals surface area contributed by atoms with Crippen LogP contribution in [0.1, 0.15) is 69.4 Å². The molecule has 0 unspecified atom stereocenters. The summed E-state index contributed by atoms with van der Waals surface area (Å²) in [6, 6.07) is 10.9. The van der Waals surface area contributed by atoms with Crippen molar-refractivity contribution in [1.29, 1.82) is 0 Å². The minimum absolute atomic E-state index is 0.147. The van der Waals surface area contributed by atoms with Crippen LogP contribution in [0.15, 0.2) is 48.5 Å². The van der Waals surface area contributed by atoms with Crippen LogP contribution in [0.4, 0.5) is 22.0 Å². The topological polar surface area (TPSA) is 0 Å². The van der Waals surface area contributed by atoms with E-state index in [0.717, 1.165) is 24.8 Å². The standard InChI is InChI=1S/C30H29F5/c1-2-3-4-5-20-6-8-21(9-7-20)10-11-22-12-15-25(28(31)18-22)23-13-16-26-24(19-23)14-17-27(29(26)32)30(33,34)35/h12-21H,2-9H2,1H3. The number of alkyl halides is 3. The van der Waals surface area contributed by atoms with Crippen LogP contribution in [-0.4, -0.2) is 0 Å². The predicted octanol–water partition coefficient (Wildman–Crippen LogP) is 9.54. The molecule has 5 heteroatoms. The molecule has 4 rings (SSSR count). The van der Waals surface area contributed by atoms with Crippen LogP contribution in [-0.2, 0) is 6.18 Å². The highest BCUT2D eigenvalue weighted by molar-refractivity contribution is 5.88. The lowest BCUT2D eigenvalue weighted by Gasteiger charge is -2.25. The molecule has 0 N–H and O–H groups in total. The van der Waals surface area contributed by atoms with Gasteiger partial charge in [-0.1, -0.05) is 68.7 Å². The van der Waals surface area contributed by atoms with Crippen LogP contribution in [0.5, 0.6) is 0 Å². The van der Waals surface area contributed by atoms with E-state index in [2.05, 4.69) is 18.8 Å². The highest BCUT2D eigenvalue weighted by Crippen LogP contribution is 2.36. The number of benzene rings is 3. The fourth-order valence-corrected chi connectivity index (χ4v) is 4.97. The zero-order valence-electron chi connectivity index (χ0n) is 19.8. The van der Waals surface area contributed by atoms with Crippen molar-refractivity contribution in [2.24, 2.45) is 11.8 Å². The zero-order chi connectivity index (χ0) is 25.0. The maximum absolute atomic E-state index is 14.9. The van der Waals surface area contributed by atoms with Gasteiger partial charge in [0.2, 0.25) is 0 Å². The van der Waals surface area contributed by atoms with Gasteiger partial charge < -0.3 is 0 Å². The van der Waals surface area contributed by atoms with Gasteiger partial charge in [-0.25, -0.2) is 8.78 Å². The molecule has 184 valence electrons. The number of hydrogen-bond donors (Lipinski definition) is 0. The molecule has 1 aliphatic rings. The average molecular weight is 485 g/mol. The monoisotopic (exact) mass is 484 g/mol. The molecule has 0 aromatic heterocycles. The Balaban J connectivity index is 1.46. The maximum atomic E-state index is 14.9. The van der Waals surface area contributed by atoms with Gasteiger partial charge in [0, 0.05) is 22.4 Å². The van der Waals surface area contributed by atoms with Gasteiger partial charge in [-0.05, 0) is 66.8 Å². The molecule has 3 aromatic carbocycles. The van der Waals surface area contributed by atoms with Crippen LogP contribution in [0.25, 0.3) is 21.9 Å². The second-order valence-corrected chi connectivity index (χ2v) is 9.54. The third-order valence-electron chi connectivity index (χ3n) is 7.02. The minimum atomic E-state index is -4.77. The minimum Gasteiger partial charge on any atom is -0.206 e. The van der Waals surface area contributed by atoms with E-state index >= 15 is 0 Å². The van der Waals surface area contributed by atoms with Gasteiger partial charge in [0.15, 0.2) is 0 Å². The molecule has 1 aliphatic carbocycles. The average Bonchev–Trinajstić information content (AvgIpc) is 2.83. The van der Waals surface area contributed by atoms with E-state index < -0.39 is 23.4 Å². The summed E-state index contributed by atoms with van der Waals surface area (Å²) in [5.41, 5.74) is 0.0511. The van der Waals surface area contributed by atoms with Crippen molar-refractivity contribution in [1.82, 2.24) is 0 Å². The number of fused-ring (bicyclic) bond motifs is 1. The predicted molar refractivity (Wildman–Crippen MR) is 131 cm³/mol. The van der Waals surface area contributed by atoms with Gasteiger partial charge in [0.25, 0.3) is 0 Å². The number of unbranched alkanes of at least 4 members (excludes halogenated alkanes) is 2. The van der Waals surface area contributed by atoms with Crippen molar-refractivity contribution >= 4 is 10.8 Å². The lowest BCUT2D eigenvalue weighted by Crippen LogP contribution is -2.13. The molecule has 0 saturated heterocycles. The molecule has 0 heterocycles. The van der Waals surface area contributed by atoms with Crippen molar-refractivity contribution in [3.63, 3.8) is 0 Å². The van der Waals surface area contributed by atoms with E-state index in [4.69, 9.17) is 0 Å². The summed E-state index contributed by atoms with van der Waals surface area (Å²) in [5.74, 6) is 5.79. The summed E-state index contributed by atoms with van der Waals surface area (Å²) in [6.45, 7) is 2.22. The second-order valence-electron chi connectivity index (χ2n) is 9.54. The first-order valence-corrected chi connectivity index (χ1v) is 12.4. The quantitative estimate of drug-likeness (QED) is 0.192. The third-order valence-corrected chi connectivity index (χ3v) is 7.02. The summed E-state index contributed by atoms with van der Waals surface area (Å²) < 4.78 is 68.2. The Bertz CT molecular complexity index is 1240. The molecule has 0 radical (unpaired) electrons. The second kappa shape index (κ2) is 10.8. The van der Waals surface area contributed by atoms with E-state index in [0.29, 0.717) is 22.6 Å². The summed E-state index contributed by atoms with van der Waals surface area (Å²) in [5, 5.41) is 0.133. The third kappa shape index (κ3) is 6.04. The fourth-order valence-electron chi connectivity index (χ4n) is 4.97. The molecule has 1 saturated carbocycles. The summed E-state index contributed by atoms with van der Waals surface area (Å²) in [7, 11) is 0. The van der Waals surface area contributed by atoms with Crippen molar-refractivity contribution < 1.29 is 22.0 Å². The highest BCUT2D eigenvalue weighted by Gasteiger charge is 2.34. The Labute approximate surface area is 203 Å². The summed E-state index contributed by atoms with van der Waals surface area (Å²) in [6.07, 6.45) is 5.01. The van der Waals surface area contributed by atoms with E-state index in [-0.39, 0.29) is 10.8 Å². The van der Waals surface area contributed by atoms with Gasteiger partial charge in [-0.15, -0.1) is 0 Å².